The van der Waals surface area contributed by atoms with Crippen molar-refractivity contribution in [2.45, 2.75) is 289 Å². The van der Waals surface area contributed by atoms with Gasteiger partial charge in [0.2, 0.25) is 0 Å². The van der Waals surface area contributed by atoms with Crippen molar-refractivity contribution in [2.24, 2.45) is 0 Å². The lowest BCUT2D eigenvalue weighted by Gasteiger charge is -2.40. The lowest BCUT2D eigenvalue weighted by molar-refractivity contribution is -0.301. The molecule has 0 radical (unpaired) electrons. The highest BCUT2D eigenvalue weighted by Crippen LogP contribution is 2.26. The molecule has 1 fully saturated rings. The van der Waals surface area contributed by atoms with Crippen LogP contribution >= 0.6 is 0 Å². The van der Waals surface area contributed by atoms with E-state index < -0.39 is 67.3 Å². The van der Waals surface area contributed by atoms with E-state index in [4.69, 9.17) is 23.7 Å². The van der Waals surface area contributed by atoms with E-state index >= 15 is 0 Å². The van der Waals surface area contributed by atoms with Gasteiger partial charge in [0.05, 0.1) is 6.61 Å². The molecule has 1 saturated heterocycles. The molecular weight excluding hydrogens is 877 g/mol. The van der Waals surface area contributed by atoms with Gasteiger partial charge in [0.15, 0.2) is 24.6 Å². The summed E-state index contributed by atoms with van der Waals surface area (Å²) in [6.07, 6.45) is 39.8. The average Bonchev–Trinajstić information content (AvgIpc) is 3.33. The minimum absolute atomic E-state index is 0.0500. The smallest absolute Gasteiger partial charge is 0.335 e. The van der Waals surface area contributed by atoms with Gasteiger partial charge in [0.1, 0.15) is 18.8 Å². The van der Waals surface area contributed by atoms with Crippen LogP contribution < -0.4 is 0 Å². The molecule has 6 unspecified atom stereocenters. The van der Waals surface area contributed by atoms with E-state index in [1.165, 1.54) is 77.0 Å². The molecular formula is C57H100O12. The Morgan fingerprint density at radius 2 is 0.841 bits per heavy atom. The van der Waals surface area contributed by atoms with Crippen molar-refractivity contribution in [3.63, 3.8) is 0 Å². The maximum Gasteiger partial charge on any atom is 0.335 e. The minimum Gasteiger partial charge on any atom is -0.479 e. The number of aliphatic hydroxyl groups excluding tert-OH is 2. The Labute approximate surface area is 419 Å². The summed E-state index contributed by atoms with van der Waals surface area (Å²) in [5, 5.41) is 31.3. The molecule has 0 saturated carbocycles. The normalized spacial score (nSPS) is 18.9. The first-order valence-corrected chi connectivity index (χ1v) is 28.0. The molecule has 0 amide bonds. The van der Waals surface area contributed by atoms with Crippen LogP contribution in [0.1, 0.15) is 252 Å². The third-order valence-electron chi connectivity index (χ3n) is 12.7. The van der Waals surface area contributed by atoms with Gasteiger partial charge >= 0.3 is 23.9 Å². The number of carboxylic acid groups (broad SMARTS) is 1. The zero-order valence-electron chi connectivity index (χ0n) is 43.8. The SMILES string of the molecule is CCCC/C=C\CCCCCCCC(=O)OC1C(OCC(COC(=O)CCCCCCC/C=C\CCCCCCCC)OC(=O)CCCCCCC/C=C\CCCCCC)OC(C(=O)O)C(O)C1O. The Balaban J connectivity index is 2.72. The van der Waals surface area contributed by atoms with Gasteiger partial charge in [0.25, 0.3) is 0 Å². The van der Waals surface area contributed by atoms with Gasteiger partial charge in [-0.1, -0.05) is 179 Å². The van der Waals surface area contributed by atoms with Crippen molar-refractivity contribution >= 4 is 23.9 Å². The quantitative estimate of drug-likeness (QED) is 0.0228. The number of aliphatic hydroxyl groups is 2. The van der Waals surface area contributed by atoms with Crippen molar-refractivity contribution in [1.82, 2.24) is 0 Å². The van der Waals surface area contributed by atoms with E-state index in [1.807, 2.05) is 0 Å². The van der Waals surface area contributed by atoms with Crippen LogP contribution in [0.2, 0.25) is 0 Å². The Morgan fingerprint density at radius 3 is 1.29 bits per heavy atom. The van der Waals surface area contributed by atoms with Crippen molar-refractivity contribution in [2.75, 3.05) is 13.2 Å². The Hall–Kier alpha value is -3.06. The van der Waals surface area contributed by atoms with E-state index in [0.29, 0.717) is 19.3 Å². The Kier molecular flexibility index (Phi) is 42.7. The number of esters is 3. The van der Waals surface area contributed by atoms with Crippen LogP contribution in [-0.4, -0.2) is 89.2 Å². The van der Waals surface area contributed by atoms with E-state index in [9.17, 15) is 34.5 Å². The van der Waals surface area contributed by atoms with Gasteiger partial charge in [0, 0.05) is 19.3 Å². The van der Waals surface area contributed by atoms with Crippen LogP contribution in [-0.2, 0) is 42.9 Å². The predicted molar refractivity (Wildman–Crippen MR) is 276 cm³/mol. The van der Waals surface area contributed by atoms with Crippen LogP contribution in [0.4, 0.5) is 0 Å². The predicted octanol–water partition coefficient (Wildman–Crippen LogP) is 13.7. The second-order valence-electron chi connectivity index (χ2n) is 19.2. The number of carbonyl (C=O) groups excluding carboxylic acids is 3. The number of allylic oxidation sites excluding steroid dienone is 6. The highest BCUT2D eigenvalue weighted by Gasteiger charge is 2.50. The van der Waals surface area contributed by atoms with Gasteiger partial charge in [-0.2, -0.15) is 0 Å². The van der Waals surface area contributed by atoms with E-state index in [0.717, 1.165) is 116 Å². The number of carbonyl (C=O) groups is 4. The minimum atomic E-state index is -1.90. The zero-order valence-corrected chi connectivity index (χ0v) is 43.8. The molecule has 0 aromatic heterocycles. The van der Waals surface area contributed by atoms with Gasteiger partial charge in [-0.3, -0.25) is 14.4 Å². The summed E-state index contributed by atoms with van der Waals surface area (Å²) < 4.78 is 28.3. The first-order valence-electron chi connectivity index (χ1n) is 28.0. The highest BCUT2D eigenvalue weighted by molar-refractivity contribution is 5.74. The van der Waals surface area contributed by atoms with Crippen molar-refractivity contribution in [3.8, 4) is 0 Å². The molecule has 0 spiro atoms. The highest BCUT2D eigenvalue weighted by atomic mass is 16.7. The molecule has 1 aliphatic rings. The van der Waals surface area contributed by atoms with Gasteiger partial charge in [-0.15, -0.1) is 0 Å². The first kappa shape index (κ1) is 64.0. The molecule has 0 aliphatic carbocycles. The summed E-state index contributed by atoms with van der Waals surface area (Å²) in [4.78, 5) is 50.9. The number of ether oxygens (including phenoxy) is 5. The number of unbranched alkanes of at least 4 members (excludes halogenated alkanes) is 27. The van der Waals surface area contributed by atoms with E-state index in [2.05, 4.69) is 57.2 Å². The van der Waals surface area contributed by atoms with Crippen LogP contribution in [0.25, 0.3) is 0 Å². The van der Waals surface area contributed by atoms with E-state index in [1.54, 1.807) is 0 Å². The molecule has 0 aromatic rings. The number of carboxylic acids is 1. The molecule has 1 heterocycles. The molecule has 0 aromatic carbocycles. The average molecular weight is 977 g/mol. The van der Waals surface area contributed by atoms with Crippen LogP contribution in [0.3, 0.4) is 0 Å². The summed E-state index contributed by atoms with van der Waals surface area (Å²) in [6, 6.07) is 0. The monoisotopic (exact) mass is 977 g/mol. The number of rotatable bonds is 47. The summed E-state index contributed by atoms with van der Waals surface area (Å²) in [5.74, 6) is -3.14. The summed E-state index contributed by atoms with van der Waals surface area (Å²) >= 11 is 0. The maximum atomic E-state index is 13.1. The molecule has 12 nitrogen and oxygen atoms in total. The topological polar surface area (TPSA) is 175 Å². The fourth-order valence-electron chi connectivity index (χ4n) is 8.28. The third-order valence-corrected chi connectivity index (χ3v) is 12.7. The zero-order chi connectivity index (χ0) is 50.4. The van der Waals surface area contributed by atoms with E-state index in [-0.39, 0.29) is 25.9 Å². The van der Waals surface area contributed by atoms with Crippen LogP contribution in [0.15, 0.2) is 36.5 Å². The second-order valence-corrected chi connectivity index (χ2v) is 19.2. The molecule has 1 aliphatic heterocycles. The first-order chi connectivity index (χ1) is 33.6. The van der Waals surface area contributed by atoms with Crippen LogP contribution in [0, 0.1) is 0 Å². The molecule has 0 bridgehead atoms. The number of hydrogen-bond donors (Lipinski definition) is 3. The number of hydrogen-bond acceptors (Lipinski definition) is 11. The Bertz CT molecular complexity index is 1350. The molecule has 69 heavy (non-hydrogen) atoms. The summed E-state index contributed by atoms with van der Waals surface area (Å²) in [6.45, 7) is 5.90. The fourth-order valence-corrected chi connectivity index (χ4v) is 8.28. The lowest BCUT2D eigenvalue weighted by Crippen LogP contribution is -2.61. The standard InChI is InChI=1S/C57H100O12/c1-4-7-10-13-16-19-22-24-25-27-29-31-34-37-40-43-49(58)65-46-48(67-50(59)44-41-38-35-33-30-26-23-20-17-14-11-8-5-2)47-66-57-55(53(62)52(61)54(69-57)56(63)64)68-51(60)45-42-39-36-32-28-21-18-15-12-9-6-3/h15,18,20,23-25,48,52-55,57,61-62H,4-14,16-17,19,21-22,26-47H2,1-3H3,(H,63,64)/b18-15-,23-20-,25-24-. The molecule has 1 rings (SSSR count). The lowest BCUT2D eigenvalue weighted by atomic mass is 9.98. The largest absolute Gasteiger partial charge is 0.479 e. The molecule has 3 N–H and O–H groups in total. The second kappa shape index (κ2) is 46.0. The van der Waals surface area contributed by atoms with Crippen LogP contribution in [0.5, 0.6) is 0 Å². The molecule has 12 heteroatoms. The Morgan fingerprint density at radius 1 is 0.464 bits per heavy atom. The van der Waals surface area contributed by atoms with Crippen molar-refractivity contribution in [1.29, 1.82) is 0 Å². The van der Waals surface area contributed by atoms with Crippen molar-refractivity contribution < 1.29 is 58.2 Å². The molecule has 6 atom stereocenters. The number of aliphatic carboxylic acids is 1. The van der Waals surface area contributed by atoms with Gasteiger partial charge < -0.3 is 39.0 Å². The third kappa shape index (κ3) is 36.5. The fraction of sp³-hybridized carbons (Fsp3) is 0.825. The maximum absolute atomic E-state index is 13.1. The summed E-state index contributed by atoms with van der Waals surface area (Å²) in [5.41, 5.74) is 0. The molecule has 400 valence electrons. The van der Waals surface area contributed by atoms with Gasteiger partial charge in [-0.25, -0.2) is 4.79 Å². The van der Waals surface area contributed by atoms with Gasteiger partial charge in [-0.05, 0) is 89.9 Å². The van der Waals surface area contributed by atoms with Crippen molar-refractivity contribution in [3.05, 3.63) is 36.5 Å². The summed E-state index contributed by atoms with van der Waals surface area (Å²) in [7, 11) is 0.